The number of rotatable bonds is 5. The summed E-state index contributed by atoms with van der Waals surface area (Å²) in [5, 5.41) is 12.4. The average Bonchev–Trinajstić information content (AvgIpc) is 2.45. The third-order valence-electron chi connectivity index (χ3n) is 2.98. The molecule has 0 aliphatic rings. The highest BCUT2D eigenvalue weighted by atomic mass is 35.5. The molecule has 0 aromatic heterocycles. The quantitative estimate of drug-likeness (QED) is 0.882. The number of hydrogen-bond donors (Lipinski definition) is 2. The molecule has 0 heterocycles. The fourth-order valence-corrected chi connectivity index (χ4v) is 2.21. The van der Waals surface area contributed by atoms with Gasteiger partial charge in [0.1, 0.15) is 17.1 Å². The number of methoxy groups -OCH3 is 1. The highest BCUT2D eigenvalue weighted by Crippen LogP contribution is 2.28. The van der Waals surface area contributed by atoms with Crippen LogP contribution in [0.25, 0.3) is 0 Å². The lowest BCUT2D eigenvalue weighted by atomic mass is 10.1. The number of hydrogen-bond acceptors (Lipinski definition) is 3. The number of aromatic carboxylic acids is 1. The molecular formula is C15H13ClFNO3. The number of benzene rings is 2. The normalized spacial score (nSPS) is 10.2. The molecule has 2 rings (SSSR count). The number of carboxylic acid groups (broad SMARTS) is 1. The minimum absolute atomic E-state index is 0.185. The Kier molecular flexibility index (Phi) is 4.65. The van der Waals surface area contributed by atoms with Crippen LogP contribution in [0.5, 0.6) is 5.75 Å². The van der Waals surface area contributed by atoms with Crippen LogP contribution in [0.3, 0.4) is 0 Å². The van der Waals surface area contributed by atoms with Gasteiger partial charge in [-0.3, -0.25) is 0 Å². The Balaban J connectivity index is 2.29. The molecule has 0 bridgehead atoms. The lowest BCUT2D eigenvalue weighted by Crippen LogP contribution is -2.09. The second kappa shape index (κ2) is 6.45. The molecule has 0 spiro atoms. The van der Waals surface area contributed by atoms with E-state index in [1.165, 1.54) is 19.2 Å². The van der Waals surface area contributed by atoms with Crippen molar-refractivity contribution in [1.82, 2.24) is 0 Å². The molecule has 0 radical (unpaired) electrons. The van der Waals surface area contributed by atoms with Crippen molar-refractivity contribution in [2.24, 2.45) is 0 Å². The Hall–Kier alpha value is -2.27. The molecule has 0 saturated carbocycles. The van der Waals surface area contributed by atoms with Crippen molar-refractivity contribution < 1.29 is 19.0 Å². The van der Waals surface area contributed by atoms with Gasteiger partial charge in [0.05, 0.1) is 12.8 Å². The molecule has 0 atom stereocenters. The van der Waals surface area contributed by atoms with Gasteiger partial charge in [-0.05, 0) is 24.3 Å². The van der Waals surface area contributed by atoms with Crippen molar-refractivity contribution in [1.29, 1.82) is 0 Å². The molecule has 0 unspecified atom stereocenters. The van der Waals surface area contributed by atoms with Gasteiger partial charge in [-0.1, -0.05) is 23.7 Å². The Morgan fingerprint density at radius 1 is 1.33 bits per heavy atom. The van der Waals surface area contributed by atoms with E-state index in [-0.39, 0.29) is 12.2 Å². The van der Waals surface area contributed by atoms with Crippen LogP contribution in [0.2, 0.25) is 5.02 Å². The van der Waals surface area contributed by atoms with Gasteiger partial charge in [0.25, 0.3) is 0 Å². The molecule has 2 aromatic carbocycles. The fraction of sp³-hybridized carbons (Fsp3) is 0.133. The molecule has 21 heavy (non-hydrogen) atoms. The second-order valence-corrected chi connectivity index (χ2v) is 4.65. The Morgan fingerprint density at radius 2 is 2.05 bits per heavy atom. The summed E-state index contributed by atoms with van der Waals surface area (Å²) in [6, 6.07) is 9.22. The lowest BCUT2D eigenvalue weighted by molar-refractivity contribution is 0.0693. The van der Waals surface area contributed by atoms with E-state index in [4.69, 9.17) is 21.4 Å². The minimum Gasteiger partial charge on any atom is -0.496 e. The summed E-state index contributed by atoms with van der Waals surface area (Å²) in [7, 11) is 1.51. The van der Waals surface area contributed by atoms with Gasteiger partial charge in [0, 0.05) is 17.1 Å². The van der Waals surface area contributed by atoms with E-state index in [9.17, 15) is 9.18 Å². The first-order chi connectivity index (χ1) is 10.0. The second-order valence-electron chi connectivity index (χ2n) is 4.24. The van der Waals surface area contributed by atoms with E-state index in [1.807, 2.05) is 0 Å². The Labute approximate surface area is 126 Å². The smallest absolute Gasteiger partial charge is 0.340 e. The van der Waals surface area contributed by atoms with Crippen LogP contribution in [0, 0.1) is 5.82 Å². The van der Waals surface area contributed by atoms with Crippen LogP contribution in [0.1, 0.15) is 15.9 Å². The summed E-state index contributed by atoms with van der Waals surface area (Å²) >= 11 is 6.10. The number of anilines is 1. The molecule has 6 heteroatoms. The van der Waals surface area contributed by atoms with E-state index >= 15 is 0 Å². The Bertz CT molecular complexity index is 676. The van der Waals surface area contributed by atoms with Crippen LogP contribution >= 0.6 is 11.6 Å². The summed E-state index contributed by atoms with van der Waals surface area (Å²) in [6.45, 7) is 0.215. The molecule has 110 valence electrons. The first-order valence-corrected chi connectivity index (χ1v) is 6.49. The van der Waals surface area contributed by atoms with E-state index in [0.717, 1.165) is 6.07 Å². The zero-order valence-electron chi connectivity index (χ0n) is 11.2. The van der Waals surface area contributed by atoms with Crippen molar-refractivity contribution in [2.75, 3.05) is 12.4 Å². The van der Waals surface area contributed by atoms with E-state index < -0.39 is 17.3 Å². The summed E-state index contributed by atoms with van der Waals surface area (Å²) < 4.78 is 18.8. The third-order valence-corrected chi connectivity index (χ3v) is 3.33. The molecule has 0 aliphatic carbocycles. The molecule has 0 amide bonds. The maximum atomic E-state index is 13.6. The predicted octanol–water partition coefficient (Wildman–Crippen LogP) is 3.80. The topological polar surface area (TPSA) is 58.6 Å². The minimum atomic E-state index is -1.33. The third kappa shape index (κ3) is 3.25. The first kappa shape index (κ1) is 15.1. The summed E-state index contributed by atoms with van der Waals surface area (Å²) in [6.07, 6.45) is 0. The predicted molar refractivity (Wildman–Crippen MR) is 78.7 cm³/mol. The highest BCUT2D eigenvalue weighted by Gasteiger charge is 2.16. The van der Waals surface area contributed by atoms with Crippen LogP contribution in [-0.4, -0.2) is 18.2 Å². The van der Waals surface area contributed by atoms with E-state index in [1.54, 1.807) is 18.2 Å². The molecule has 4 nitrogen and oxygen atoms in total. The van der Waals surface area contributed by atoms with Crippen molar-refractivity contribution in [3.05, 3.63) is 58.4 Å². The number of nitrogens with one attached hydrogen (secondary N) is 1. The van der Waals surface area contributed by atoms with Crippen LogP contribution in [0.4, 0.5) is 10.1 Å². The number of ether oxygens (including phenoxy) is 1. The molecule has 0 saturated heterocycles. The Morgan fingerprint density at radius 3 is 2.71 bits per heavy atom. The molecular weight excluding hydrogens is 297 g/mol. The van der Waals surface area contributed by atoms with Gasteiger partial charge in [0.15, 0.2) is 0 Å². The van der Waals surface area contributed by atoms with Gasteiger partial charge in [-0.25, -0.2) is 9.18 Å². The van der Waals surface area contributed by atoms with Crippen molar-refractivity contribution in [3.8, 4) is 5.75 Å². The lowest BCUT2D eigenvalue weighted by Gasteiger charge is -2.14. The van der Waals surface area contributed by atoms with Gasteiger partial charge in [0.2, 0.25) is 0 Å². The zero-order valence-corrected chi connectivity index (χ0v) is 11.9. The van der Waals surface area contributed by atoms with Crippen molar-refractivity contribution in [2.45, 2.75) is 6.54 Å². The zero-order chi connectivity index (χ0) is 15.4. The number of carboxylic acids is 1. The standard InChI is InChI=1S/C15H13ClFNO3/c1-21-13-7-2-4-10(16)9(13)8-18-12-6-3-5-11(17)14(12)15(19)20/h2-7,18H,8H2,1H3,(H,19,20). The number of carbonyl (C=O) groups is 1. The van der Waals surface area contributed by atoms with Crippen LogP contribution in [-0.2, 0) is 6.54 Å². The van der Waals surface area contributed by atoms with Crippen LogP contribution in [0.15, 0.2) is 36.4 Å². The largest absolute Gasteiger partial charge is 0.496 e. The fourth-order valence-electron chi connectivity index (χ4n) is 1.97. The highest BCUT2D eigenvalue weighted by molar-refractivity contribution is 6.31. The maximum absolute atomic E-state index is 13.6. The van der Waals surface area contributed by atoms with Gasteiger partial charge in [-0.15, -0.1) is 0 Å². The summed E-state index contributed by atoms with van der Waals surface area (Å²) in [5.41, 5.74) is 0.454. The van der Waals surface area contributed by atoms with E-state index in [0.29, 0.717) is 16.3 Å². The number of halogens is 2. The van der Waals surface area contributed by atoms with Gasteiger partial charge >= 0.3 is 5.97 Å². The van der Waals surface area contributed by atoms with Crippen LogP contribution < -0.4 is 10.1 Å². The summed E-state index contributed by atoms with van der Waals surface area (Å²) in [5.74, 6) is -1.55. The van der Waals surface area contributed by atoms with E-state index in [2.05, 4.69) is 5.32 Å². The molecule has 0 fully saturated rings. The molecule has 2 aromatic rings. The van der Waals surface area contributed by atoms with Crippen molar-refractivity contribution >= 4 is 23.3 Å². The molecule has 0 aliphatic heterocycles. The SMILES string of the molecule is COc1cccc(Cl)c1CNc1cccc(F)c1C(=O)O. The monoisotopic (exact) mass is 309 g/mol. The maximum Gasteiger partial charge on any atom is 0.340 e. The average molecular weight is 310 g/mol. The van der Waals surface area contributed by atoms with Gasteiger partial charge < -0.3 is 15.2 Å². The summed E-state index contributed by atoms with van der Waals surface area (Å²) in [4.78, 5) is 11.1. The van der Waals surface area contributed by atoms with Crippen molar-refractivity contribution in [3.63, 3.8) is 0 Å². The van der Waals surface area contributed by atoms with Gasteiger partial charge in [-0.2, -0.15) is 0 Å². The first-order valence-electron chi connectivity index (χ1n) is 6.11. The molecule has 2 N–H and O–H groups in total.